The minimum absolute atomic E-state index is 0.124. The molecule has 4 aromatic rings. The number of nitrogens with one attached hydrogen (secondary N) is 4. The van der Waals surface area contributed by atoms with Crippen LogP contribution in [0.4, 0.5) is 9.59 Å². The molecule has 6 unspecified atom stereocenters. The second-order valence-corrected chi connectivity index (χ2v) is 16.7. The highest BCUT2D eigenvalue weighted by Gasteiger charge is 2.41. The highest BCUT2D eigenvalue weighted by Crippen LogP contribution is 2.36. The van der Waals surface area contributed by atoms with E-state index in [4.69, 9.17) is 9.47 Å². The van der Waals surface area contributed by atoms with Gasteiger partial charge in [-0.05, 0) is 83.9 Å². The molecule has 6 rings (SSSR count). The number of amides is 4. The standard InChI is InChI=1S/C42H50N8O6S/c1-23(2)35(47-41(53)55-7)39(51)49-21-25(5)15-32(49)37-43-19-29(45-37)11-9-27-10-14-34-28(17-27)18-31(57-34)13-12-30-20-44-38(46-30)33-16-26(6)22-50(33)40(52)36(24(3)4)48-42(54)56-8/h10,14,17-20,23-26,32-33,35-36H,15-16,21-22H2,1-8H3,(H,43,45)(H,44,46)(H,47,53)(H,48,54). The van der Waals surface area contributed by atoms with Crippen molar-refractivity contribution in [1.82, 2.24) is 40.4 Å². The van der Waals surface area contributed by atoms with Gasteiger partial charge in [-0.25, -0.2) is 19.6 Å². The van der Waals surface area contributed by atoms with Gasteiger partial charge in [-0.1, -0.05) is 47.5 Å². The Labute approximate surface area is 336 Å². The molecule has 15 heteroatoms. The number of aromatic amines is 2. The van der Waals surface area contributed by atoms with Gasteiger partial charge in [0.05, 0.1) is 43.6 Å². The number of hydrogen-bond donors (Lipinski definition) is 4. The van der Waals surface area contributed by atoms with Crippen LogP contribution in [0.3, 0.4) is 0 Å². The molecule has 0 bridgehead atoms. The zero-order valence-electron chi connectivity index (χ0n) is 33.6. The Kier molecular flexibility index (Phi) is 12.6. The molecule has 0 aliphatic carbocycles. The Hall–Kier alpha value is -5.80. The summed E-state index contributed by atoms with van der Waals surface area (Å²) in [4.78, 5) is 71.5. The highest BCUT2D eigenvalue weighted by atomic mass is 32.1. The zero-order valence-corrected chi connectivity index (χ0v) is 34.4. The van der Waals surface area contributed by atoms with Gasteiger partial charge in [0.1, 0.15) is 35.1 Å². The number of benzene rings is 1. The van der Waals surface area contributed by atoms with Crippen LogP contribution in [0.1, 0.15) is 99.9 Å². The van der Waals surface area contributed by atoms with Crippen molar-refractivity contribution in [2.24, 2.45) is 23.7 Å². The molecule has 6 atom stereocenters. The Morgan fingerprint density at radius 1 is 0.754 bits per heavy atom. The molecule has 5 heterocycles. The summed E-state index contributed by atoms with van der Waals surface area (Å²) in [6, 6.07) is 6.13. The zero-order chi connectivity index (χ0) is 41.0. The van der Waals surface area contributed by atoms with Crippen LogP contribution in [0.15, 0.2) is 36.7 Å². The van der Waals surface area contributed by atoms with E-state index in [1.807, 2.05) is 52.0 Å². The third-order valence-electron chi connectivity index (χ3n) is 10.4. The van der Waals surface area contributed by atoms with E-state index in [0.717, 1.165) is 33.4 Å². The first kappa shape index (κ1) is 40.9. The van der Waals surface area contributed by atoms with E-state index in [0.29, 0.717) is 36.1 Å². The Morgan fingerprint density at radius 2 is 1.25 bits per heavy atom. The maximum Gasteiger partial charge on any atom is 0.407 e. The number of thiophene rings is 1. The third-order valence-corrected chi connectivity index (χ3v) is 11.4. The summed E-state index contributed by atoms with van der Waals surface area (Å²) >= 11 is 1.58. The van der Waals surface area contributed by atoms with Gasteiger partial charge in [0.2, 0.25) is 11.8 Å². The number of methoxy groups -OCH3 is 2. The highest BCUT2D eigenvalue weighted by molar-refractivity contribution is 7.19. The number of nitrogens with zero attached hydrogens (tertiary/aromatic N) is 4. The molecule has 300 valence electrons. The maximum absolute atomic E-state index is 13.6. The van der Waals surface area contributed by atoms with Crippen LogP contribution in [0.25, 0.3) is 10.1 Å². The van der Waals surface area contributed by atoms with Gasteiger partial charge in [0.15, 0.2) is 0 Å². The van der Waals surface area contributed by atoms with Gasteiger partial charge in [-0.15, -0.1) is 11.3 Å². The van der Waals surface area contributed by atoms with E-state index in [9.17, 15) is 19.2 Å². The smallest absolute Gasteiger partial charge is 0.407 e. The molecule has 1 aromatic carbocycles. The fraction of sp³-hybridized carbons (Fsp3) is 0.476. The van der Waals surface area contributed by atoms with Gasteiger partial charge in [0.25, 0.3) is 0 Å². The van der Waals surface area contributed by atoms with Crippen molar-refractivity contribution in [3.8, 4) is 23.7 Å². The predicted octanol–water partition coefficient (Wildman–Crippen LogP) is 5.73. The molecule has 4 N–H and O–H groups in total. The topological polar surface area (TPSA) is 175 Å². The van der Waals surface area contributed by atoms with Crippen molar-refractivity contribution in [2.45, 2.75) is 78.6 Å². The first-order valence-electron chi connectivity index (χ1n) is 19.2. The second-order valence-electron chi connectivity index (χ2n) is 15.6. The number of alkyl carbamates (subject to hydrolysis) is 2. The van der Waals surface area contributed by atoms with Gasteiger partial charge in [-0.2, -0.15) is 0 Å². The number of H-pyrrole nitrogens is 2. The van der Waals surface area contributed by atoms with E-state index >= 15 is 0 Å². The number of imidazole rings is 2. The molecule has 0 radical (unpaired) electrons. The maximum atomic E-state index is 13.6. The number of likely N-dealkylation sites (tertiary alicyclic amines) is 2. The van der Waals surface area contributed by atoms with Crippen molar-refractivity contribution >= 4 is 45.4 Å². The molecule has 2 saturated heterocycles. The van der Waals surface area contributed by atoms with Crippen molar-refractivity contribution in [2.75, 3.05) is 27.3 Å². The minimum Gasteiger partial charge on any atom is -0.453 e. The van der Waals surface area contributed by atoms with E-state index in [1.54, 1.807) is 33.5 Å². The summed E-state index contributed by atoms with van der Waals surface area (Å²) in [5.41, 5.74) is 2.11. The second kappa shape index (κ2) is 17.6. The summed E-state index contributed by atoms with van der Waals surface area (Å²) in [7, 11) is 2.56. The van der Waals surface area contributed by atoms with Crippen molar-refractivity contribution in [3.05, 3.63) is 70.1 Å². The number of fused-ring (bicyclic) bond motifs is 1. The minimum atomic E-state index is -0.713. The summed E-state index contributed by atoms with van der Waals surface area (Å²) in [6.07, 6.45) is 3.59. The lowest BCUT2D eigenvalue weighted by Crippen LogP contribution is -2.51. The van der Waals surface area contributed by atoms with Crippen LogP contribution < -0.4 is 10.6 Å². The van der Waals surface area contributed by atoms with Crippen molar-refractivity contribution < 1.29 is 28.7 Å². The van der Waals surface area contributed by atoms with Crippen LogP contribution in [0, 0.1) is 47.4 Å². The van der Waals surface area contributed by atoms with Crippen molar-refractivity contribution in [1.29, 1.82) is 0 Å². The molecule has 2 aliphatic heterocycles. The fourth-order valence-corrected chi connectivity index (χ4v) is 8.34. The third kappa shape index (κ3) is 9.43. The molecular weight excluding hydrogens is 745 g/mol. The lowest BCUT2D eigenvalue weighted by Gasteiger charge is -2.30. The van der Waals surface area contributed by atoms with Crippen LogP contribution in [-0.2, 0) is 19.1 Å². The average molecular weight is 795 g/mol. The van der Waals surface area contributed by atoms with E-state index in [2.05, 4.69) is 68.1 Å². The first-order valence-corrected chi connectivity index (χ1v) is 20.0. The first-order chi connectivity index (χ1) is 27.2. The van der Waals surface area contributed by atoms with Gasteiger partial charge in [-0.3, -0.25) is 9.59 Å². The van der Waals surface area contributed by atoms with Crippen LogP contribution >= 0.6 is 11.3 Å². The molecule has 2 aliphatic rings. The SMILES string of the molecule is COC(=O)NC(C(=O)N1CC(C)CC1c1ncc(C#Cc2ccc3sc(C#Cc4cnc(C5CC(C)CN5C(=O)C(NC(=O)OC)C(C)C)[nH]4)cc3c2)[nH]1)C(C)C. The number of hydrogen-bond acceptors (Lipinski definition) is 9. The summed E-state index contributed by atoms with van der Waals surface area (Å²) < 4.78 is 10.6. The number of carbonyl (C=O) groups is 4. The molecule has 2 fully saturated rings. The molecule has 0 saturated carbocycles. The molecule has 14 nitrogen and oxygen atoms in total. The van der Waals surface area contributed by atoms with E-state index in [-0.39, 0.29) is 47.6 Å². The predicted molar refractivity (Wildman–Crippen MR) is 216 cm³/mol. The molecule has 4 amide bonds. The molecule has 0 spiro atoms. The number of ether oxygens (including phenoxy) is 2. The van der Waals surface area contributed by atoms with Crippen molar-refractivity contribution in [3.63, 3.8) is 0 Å². The molecule has 57 heavy (non-hydrogen) atoms. The lowest BCUT2D eigenvalue weighted by molar-refractivity contribution is -0.136. The number of rotatable bonds is 8. The number of carbonyl (C=O) groups excluding carboxylic acids is 4. The average Bonchev–Trinajstić information content (AvgIpc) is 4.03. The van der Waals surface area contributed by atoms with Gasteiger partial charge >= 0.3 is 12.2 Å². The van der Waals surface area contributed by atoms with Crippen LogP contribution in [0.5, 0.6) is 0 Å². The summed E-state index contributed by atoms with van der Waals surface area (Å²) in [5, 5.41) is 6.40. The molecule has 3 aromatic heterocycles. The van der Waals surface area contributed by atoms with Gasteiger partial charge in [0, 0.05) is 23.4 Å². The van der Waals surface area contributed by atoms with Crippen LogP contribution in [-0.4, -0.2) is 93.1 Å². The molecular formula is C42H50N8O6S. The van der Waals surface area contributed by atoms with Gasteiger partial charge < -0.3 is 39.9 Å². The lowest BCUT2D eigenvalue weighted by atomic mass is 10.0. The summed E-state index contributed by atoms with van der Waals surface area (Å²) in [6.45, 7) is 12.9. The van der Waals surface area contributed by atoms with Crippen LogP contribution in [0.2, 0.25) is 0 Å². The quantitative estimate of drug-likeness (QED) is 0.164. The fourth-order valence-electron chi connectivity index (χ4n) is 7.44. The van der Waals surface area contributed by atoms with E-state index in [1.165, 1.54) is 14.2 Å². The van der Waals surface area contributed by atoms with E-state index < -0.39 is 24.3 Å². The monoisotopic (exact) mass is 794 g/mol. The summed E-state index contributed by atoms with van der Waals surface area (Å²) in [5.74, 6) is 14.1. The normalized spacial score (nSPS) is 20.1. The Morgan fingerprint density at radius 3 is 1.72 bits per heavy atom. The number of aromatic nitrogens is 4. The Balaban J connectivity index is 1.13. The largest absolute Gasteiger partial charge is 0.453 e. The Bertz CT molecular complexity index is 2130.